The van der Waals surface area contributed by atoms with E-state index in [-0.39, 0.29) is 18.3 Å². The fourth-order valence-electron chi connectivity index (χ4n) is 3.28. The molecule has 6 heteroatoms. The average Bonchev–Trinajstić information content (AvgIpc) is 3.06. The predicted octanol–water partition coefficient (Wildman–Crippen LogP) is 2.16. The Morgan fingerprint density at radius 1 is 1.08 bits per heavy atom. The van der Waals surface area contributed by atoms with Crippen LogP contribution in [0.4, 0.5) is 0 Å². The van der Waals surface area contributed by atoms with Crippen LogP contribution in [0.25, 0.3) is 10.9 Å². The number of carbonyl (C=O) groups is 1. The second-order valence-electron chi connectivity index (χ2n) is 6.12. The van der Waals surface area contributed by atoms with E-state index in [0.717, 1.165) is 22.0 Å². The second-order valence-corrected chi connectivity index (χ2v) is 6.12. The molecule has 1 aromatic heterocycles. The Kier molecular flexibility index (Phi) is 3.91. The van der Waals surface area contributed by atoms with Crippen LogP contribution in [0.5, 0.6) is 5.75 Å². The number of phenolic OH excluding ortho intramolecular Hbond substituents is 1. The zero-order valence-corrected chi connectivity index (χ0v) is 13.3. The van der Waals surface area contributed by atoms with Gasteiger partial charge in [-0.1, -0.05) is 30.3 Å². The van der Waals surface area contributed by atoms with E-state index >= 15 is 0 Å². The number of aliphatic hydroxyl groups is 1. The predicted molar refractivity (Wildman–Crippen MR) is 92.0 cm³/mol. The maximum Gasteiger partial charge on any atom is 0.254 e. The fraction of sp³-hybridized carbons (Fsp3) is 0.211. The number of para-hydroxylation sites is 1. The fourth-order valence-corrected chi connectivity index (χ4v) is 3.28. The van der Waals surface area contributed by atoms with Crippen molar-refractivity contribution < 1.29 is 19.7 Å². The zero-order chi connectivity index (χ0) is 17.4. The minimum Gasteiger partial charge on any atom is -0.508 e. The van der Waals surface area contributed by atoms with Crippen LogP contribution >= 0.6 is 0 Å². The van der Waals surface area contributed by atoms with Crippen LogP contribution in [0.15, 0.2) is 54.7 Å². The Morgan fingerprint density at radius 2 is 1.84 bits per heavy atom. The van der Waals surface area contributed by atoms with Crippen molar-refractivity contribution in [3.05, 3.63) is 65.9 Å². The number of nitrogens with one attached hydrogen (secondary N) is 2. The first-order valence-corrected chi connectivity index (χ1v) is 8.09. The van der Waals surface area contributed by atoms with Crippen molar-refractivity contribution in [2.75, 3.05) is 6.61 Å². The summed E-state index contributed by atoms with van der Waals surface area (Å²) in [5, 5.41) is 22.9. The molecule has 3 aromatic rings. The number of aromatic hydroxyl groups is 1. The lowest BCUT2D eigenvalue weighted by Gasteiger charge is -2.36. The molecule has 0 bridgehead atoms. The molecule has 4 N–H and O–H groups in total. The average molecular weight is 338 g/mol. The second kappa shape index (κ2) is 6.23. The van der Waals surface area contributed by atoms with E-state index in [9.17, 15) is 15.0 Å². The van der Waals surface area contributed by atoms with Crippen molar-refractivity contribution in [2.24, 2.45) is 0 Å². The van der Waals surface area contributed by atoms with Crippen molar-refractivity contribution in [1.82, 2.24) is 10.3 Å². The number of carbonyl (C=O) groups excluding carboxylic acids is 1. The molecule has 0 saturated carbocycles. The van der Waals surface area contributed by atoms with E-state index in [0.29, 0.717) is 0 Å². The molecule has 2 heterocycles. The topological polar surface area (TPSA) is 94.6 Å². The summed E-state index contributed by atoms with van der Waals surface area (Å²) in [6, 6.07) is 13.7. The number of benzene rings is 2. The van der Waals surface area contributed by atoms with Crippen LogP contribution in [0.1, 0.15) is 23.3 Å². The normalized spacial score (nSPS) is 23.6. The molecule has 0 unspecified atom stereocenters. The van der Waals surface area contributed by atoms with Crippen LogP contribution in [0.2, 0.25) is 0 Å². The largest absolute Gasteiger partial charge is 0.508 e. The molecule has 1 amide bonds. The Morgan fingerprint density at radius 3 is 2.60 bits per heavy atom. The molecule has 1 saturated heterocycles. The van der Waals surface area contributed by atoms with Crippen LogP contribution in [-0.2, 0) is 9.53 Å². The van der Waals surface area contributed by atoms with Gasteiger partial charge in [-0.05, 0) is 23.8 Å². The van der Waals surface area contributed by atoms with Gasteiger partial charge in [0.1, 0.15) is 11.9 Å². The minimum absolute atomic E-state index is 0.150. The summed E-state index contributed by atoms with van der Waals surface area (Å²) in [5.74, 6) is -0.129. The van der Waals surface area contributed by atoms with Crippen molar-refractivity contribution in [3.63, 3.8) is 0 Å². The summed E-state index contributed by atoms with van der Waals surface area (Å²) < 4.78 is 6.11. The van der Waals surface area contributed by atoms with E-state index in [4.69, 9.17) is 4.74 Å². The van der Waals surface area contributed by atoms with E-state index in [2.05, 4.69) is 10.3 Å². The number of aromatic nitrogens is 1. The number of hydrogen-bond donors (Lipinski definition) is 4. The van der Waals surface area contributed by atoms with Gasteiger partial charge in [0.25, 0.3) is 5.91 Å². The Balaban J connectivity index is 1.71. The molecule has 4 rings (SSSR count). The van der Waals surface area contributed by atoms with Crippen molar-refractivity contribution in [1.29, 1.82) is 0 Å². The van der Waals surface area contributed by atoms with E-state index < -0.39 is 18.2 Å². The van der Waals surface area contributed by atoms with Crippen molar-refractivity contribution >= 4 is 16.8 Å². The van der Waals surface area contributed by atoms with Gasteiger partial charge < -0.3 is 25.3 Å². The summed E-state index contributed by atoms with van der Waals surface area (Å²) in [7, 11) is 0. The molecule has 0 aliphatic carbocycles. The van der Waals surface area contributed by atoms with Crippen molar-refractivity contribution in [2.45, 2.75) is 18.2 Å². The maximum absolute atomic E-state index is 12.5. The van der Waals surface area contributed by atoms with Crippen LogP contribution in [0.3, 0.4) is 0 Å². The lowest BCUT2D eigenvalue weighted by Crippen LogP contribution is -2.50. The molecule has 128 valence electrons. The minimum atomic E-state index is -0.780. The SMILES string of the molecule is O=C1N[C@@H](CO)[C@H](c2ccc(O)cc2)O[C@H]1c1c[nH]c2ccccc12. The summed E-state index contributed by atoms with van der Waals surface area (Å²) in [4.78, 5) is 15.7. The van der Waals surface area contributed by atoms with Gasteiger partial charge in [0.2, 0.25) is 0 Å². The number of fused-ring (bicyclic) bond motifs is 1. The van der Waals surface area contributed by atoms with Crippen molar-refractivity contribution in [3.8, 4) is 5.75 Å². The maximum atomic E-state index is 12.5. The molecule has 1 aliphatic heterocycles. The molecular weight excluding hydrogens is 320 g/mol. The van der Waals surface area contributed by atoms with Gasteiger partial charge in [-0.2, -0.15) is 0 Å². The lowest BCUT2D eigenvalue weighted by atomic mass is 9.97. The van der Waals surface area contributed by atoms with Gasteiger partial charge in [-0.3, -0.25) is 4.79 Å². The van der Waals surface area contributed by atoms with Gasteiger partial charge in [0.15, 0.2) is 6.10 Å². The third kappa shape index (κ3) is 2.75. The molecule has 3 atom stereocenters. The molecule has 25 heavy (non-hydrogen) atoms. The summed E-state index contributed by atoms with van der Waals surface area (Å²) in [5.41, 5.74) is 2.47. The van der Waals surface area contributed by atoms with Gasteiger partial charge in [-0.15, -0.1) is 0 Å². The lowest BCUT2D eigenvalue weighted by molar-refractivity contribution is -0.152. The first kappa shape index (κ1) is 15.7. The highest BCUT2D eigenvalue weighted by Gasteiger charge is 2.38. The standard InChI is InChI=1S/C19H18N2O4/c22-10-16-17(11-5-7-12(23)8-6-11)25-18(19(24)21-16)14-9-20-15-4-2-1-3-13(14)15/h1-9,16-18,20,22-23H,10H2,(H,21,24)/t16-,17-,18-/m0/s1. The summed E-state index contributed by atoms with van der Waals surface area (Å²) >= 11 is 0. The number of phenols is 1. The first-order valence-electron chi connectivity index (χ1n) is 8.09. The first-order chi connectivity index (χ1) is 12.2. The molecule has 1 aliphatic rings. The summed E-state index contributed by atoms with van der Waals surface area (Å²) in [6.45, 7) is -0.238. The van der Waals surface area contributed by atoms with Gasteiger partial charge in [-0.25, -0.2) is 0 Å². The monoisotopic (exact) mass is 338 g/mol. The quantitative estimate of drug-likeness (QED) is 0.589. The van der Waals surface area contributed by atoms with Crippen LogP contribution in [0, 0.1) is 0 Å². The van der Waals surface area contributed by atoms with E-state index in [1.54, 1.807) is 30.5 Å². The van der Waals surface area contributed by atoms with Gasteiger partial charge in [0.05, 0.1) is 12.6 Å². The number of rotatable bonds is 3. The Bertz CT molecular complexity index is 903. The number of aliphatic hydroxyl groups excluding tert-OH is 1. The zero-order valence-electron chi connectivity index (χ0n) is 13.3. The number of H-pyrrole nitrogens is 1. The summed E-state index contributed by atoms with van der Waals surface area (Å²) in [6.07, 6.45) is 0.488. The van der Waals surface area contributed by atoms with Crippen LogP contribution in [-0.4, -0.2) is 33.8 Å². The molecule has 0 radical (unpaired) electrons. The molecule has 1 fully saturated rings. The highest BCUT2D eigenvalue weighted by molar-refractivity contribution is 5.91. The third-order valence-electron chi connectivity index (χ3n) is 4.54. The molecule has 6 nitrogen and oxygen atoms in total. The number of morpholine rings is 1. The van der Waals surface area contributed by atoms with Gasteiger partial charge in [0, 0.05) is 22.7 Å². The number of ether oxygens (including phenoxy) is 1. The number of hydrogen-bond acceptors (Lipinski definition) is 4. The molecule has 2 aromatic carbocycles. The number of amides is 1. The number of aromatic amines is 1. The Labute approximate surface area is 144 Å². The highest BCUT2D eigenvalue weighted by atomic mass is 16.5. The molecule has 0 spiro atoms. The van der Waals surface area contributed by atoms with E-state index in [1.165, 1.54) is 0 Å². The van der Waals surface area contributed by atoms with Gasteiger partial charge >= 0.3 is 0 Å². The van der Waals surface area contributed by atoms with Crippen LogP contribution < -0.4 is 5.32 Å². The smallest absolute Gasteiger partial charge is 0.254 e. The highest BCUT2D eigenvalue weighted by Crippen LogP contribution is 2.36. The van der Waals surface area contributed by atoms with E-state index in [1.807, 2.05) is 24.3 Å². The Hall–Kier alpha value is -2.83. The molecular formula is C19H18N2O4. The third-order valence-corrected chi connectivity index (χ3v) is 4.54.